The van der Waals surface area contributed by atoms with Crippen LogP contribution in [0.4, 0.5) is 13.2 Å². The largest absolute Gasteiger partial charge is 0.511 e. The fraction of sp³-hybridized carbons (Fsp3) is 0.769. The molecule has 11 heteroatoms. The lowest BCUT2D eigenvalue weighted by Gasteiger charge is -2.32. The highest BCUT2D eigenvalue weighted by atomic mass is 32.2. The number of aliphatic imine (C=N–C) groups is 1. The zero-order valence-electron chi connectivity index (χ0n) is 13.5. The first kappa shape index (κ1) is 21.1. The van der Waals surface area contributed by atoms with E-state index in [-0.39, 0.29) is 19.1 Å². The molecule has 0 amide bonds. The van der Waals surface area contributed by atoms with Crippen LogP contribution >= 0.6 is 11.8 Å². The van der Waals surface area contributed by atoms with Gasteiger partial charge in [-0.2, -0.15) is 29.2 Å². The Hall–Kier alpha value is -0.940. The second-order valence-corrected chi connectivity index (χ2v) is 8.21. The standard InChI is InChI=1S/C13H23F3N4O2S2/c1-3-9-23-10-6-18-12(17-2)19-11-4-7-20(8-5-11)24(21,22)13(14,15)16/h3,11H,1,4-10H2,2H3,(H2,17,18,19). The highest BCUT2D eigenvalue weighted by molar-refractivity contribution is 7.99. The van der Waals surface area contributed by atoms with Gasteiger partial charge in [0.15, 0.2) is 5.96 Å². The monoisotopic (exact) mass is 388 g/mol. The van der Waals surface area contributed by atoms with Crippen molar-refractivity contribution in [3.63, 3.8) is 0 Å². The van der Waals surface area contributed by atoms with E-state index in [2.05, 4.69) is 22.2 Å². The van der Waals surface area contributed by atoms with Gasteiger partial charge in [0, 0.05) is 44.2 Å². The lowest BCUT2D eigenvalue weighted by Crippen LogP contribution is -2.51. The van der Waals surface area contributed by atoms with Gasteiger partial charge in [-0.05, 0) is 12.8 Å². The summed E-state index contributed by atoms with van der Waals surface area (Å²) in [5.74, 6) is 2.29. The molecule has 140 valence electrons. The quantitative estimate of drug-likeness (QED) is 0.298. The molecule has 1 saturated heterocycles. The first-order valence-corrected chi connectivity index (χ1v) is 10.0. The number of thioether (sulfide) groups is 1. The van der Waals surface area contributed by atoms with Gasteiger partial charge in [0.25, 0.3) is 0 Å². The van der Waals surface area contributed by atoms with E-state index in [1.165, 1.54) is 0 Å². The third kappa shape index (κ3) is 6.17. The van der Waals surface area contributed by atoms with Crippen molar-refractivity contribution >= 4 is 27.7 Å². The Morgan fingerprint density at radius 3 is 2.54 bits per heavy atom. The van der Waals surface area contributed by atoms with Crippen molar-refractivity contribution < 1.29 is 21.6 Å². The summed E-state index contributed by atoms with van der Waals surface area (Å²) in [5, 5.41) is 6.23. The molecule has 0 radical (unpaired) electrons. The van der Waals surface area contributed by atoms with Crippen molar-refractivity contribution in [3.05, 3.63) is 12.7 Å². The van der Waals surface area contributed by atoms with Crippen molar-refractivity contribution in [2.24, 2.45) is 4.99 Å². The van der Waals surface area contributed by atoms with Gasteiger partial charge in [0.2, 0.25) is 0 Å². The highest BCUT2D eigenvalue weighted by Crippen LogP contribution is 2.28. The summed E-state index contributed by atoms with van der Waals surface area (Å²) >= 11 is 1.71. The van der Waals surface area contributed by atoms with Crippen LogP contribution in [-0.4, -0.2) is 68.4 Å². The van der Waals surface area contributed by atoms with Gasteiger partial charge in [0.05, 0.1) is 0 Å². The number of guanidine groups is 1. The van der Waals surface area contributed by atoms with Crippen molar-refractivity contribution in [2.75, 3.05) is 38.2 Å². The van der Waals surface area contributed by atoms with E-state index in [1.54, 1.807) is 18.8 Å². The molecule has 1 rings (SSSR count). The minimum Gasteiger partial charge on any atom is -0.356 e. The smallest absolute Gasteiger partial charge is 0.356 e. The molecule has 0 aromatic carbocycles. The highest BCUT2D eigenvalue weighted by Gasteiger charge is 2.50. The average Bonchev–Trinajstić information content (AvgIpc) is 2.53. The topological polar surface area (TPSA) is 73.8 Å². The Bertz CT molecular complexity index is 530. The lowest BCUT2D eigenvalue weighted by atomic mass is 10.1. The van der Waals surface area contributed by atoms with Gasteiger partial charge < -0.3 is 10.6 Å². The molecule has 0 atom stereocenters. The van der Waals surface area contributed by atoms with Crippen LogP contribution in [0.1, 0.15) is 12.8 Å². The normalized spacial score (nSPS) is 18.4. The summed E-state index contributed by atoms with van der Waals surface area (Å²) < 4.78 is 60.8. The Kier molecular flexibility index (Phi) is 8.37. The van der Waals surface area contributed by atoms with E-state index in [9.17, 15) is 21.6 Å². The molecule has 0 aliphatic carbocycles. The maximum absolute atomic E-state index is 12.5. The molecule has 0 aromatic rings. The summed E-state index contributed by atoms with van der Waals surface area (Å²) in [6.07, 6.45) is 2.41. The Balaban J connectivity index is 2.40. The molecular weight excluding hydrogens is 365 g/mol. The number of nitrogens with zero attached hydrogens (tertiary/aromatic N) is 2. The number of alkyl halides is 3. The summed E-state index contributed by atoms with van der Waals surface area (Å²) in [6.45, 7) is 4.00. The molecule has 0 spiro atoms. The van der Waals surface area contributed by atoms with Gasteiger partial charge in [-0.25, -0.2) is 8.42 Å². The first-order chi connectivity index (χ1) is 11.2. The van der Waals surface area contributed by atoms with Gasteiger partial charge in [0.1, 0.15) is 0 Å². The Morgan fingerprint density at radius 1 is 1.42 bits per heavy atom. The van der Waals surface area contributed by atoms with Gasteiger partial charge in [-0.3, -0.25) is 4.99 Å². The Labute approximate surface area is 145 Å². The van der Waals surface area contributed by atoms with Gasteiger partial charge >= 0.3 is 15.5 Å². The summed E-state index contributed by atoms with van der Waals surface area (Å²) in [6, 6.07) is -0.114. The Morgan fingerprint density at radius 2 is 2.04 bits per heavy atom. The van der Waals surface area contributed by atoms with Crippen molar-refractivity contribution in [1.29, 1.82) is 0 Å². The SMILES string of the molecule is C=CCSCCNC(=NC)NC1CCN(S(=O)(=O)C(F)(F)F)CC1. The minimum absolute atomic E-state index is 0.114. The number of rotatable bonds is 7. The molecule has 0 bridgehead atoms. The van der Waals surface area contributed by atoms with Gasteiger partial charge in [-0.15, -0.1) is 6.58 Å². The molecule has 6 nitrogen and oxygen atoms in total. The van der Waals surface area contributed by atoms with E-state index in [1.807, 2.05) is 6.08 Å². The molecule has 0 aromatic heterocycles. The van der Waals surface area contributed by atoms with Crippen LogP contribution in [0.3, 0.4) is 0 Å². The maximum Gasteiger partial charge on any atom is 0.511 e. The third-order valence-electron chi connectivity index (χ3n) is 3.43. The number of hydrogen-bond donors (Lipinski definition) is 2. The van der Waals surface area contributed by atoms with Crippen LogP contribution < -0.4 is 10.6 Å². The van der Waals surface area contributed by atoms with Crippen LogP contribution in [0.15, 0.2) is 17.6 Å². The van der Waals surface area contributed by atoms with E-state index in [4.69, 9.17) is 0 Å². The molecule has 1 heterocycles. The second-order valence-electron chi connectivity index (χ2n) is 5.13. The number of sulfonamides is 1. The minimum atomic E-state index is -5.24. The van der Waals surface area contributed by atoms with Crippen molar-refractivity contribution in [3.8, 4) is 0 Å². The van der Waals surface area contributed by atoms with E-state index in [0.29, 0.717) is 29.7 Å². The molecular formula is C13H23F3N4O2S2. The van der Waals surface area contributed by atoms with E-state index in [0.717, 1.165) is 11.5 Å². The van der Waals surface area contributed by atoms with E-state index >= 15 is 0 Å². The third-order valence-corrected chi connectivity index (χ3v) is 6.02. The number of halogens is 3. The summed E-state index contributed by atoms with van der Waals surface area (Å²) in [5.41, 5.74) is -5.24. The number of piperidine rings is 1. The molecule has 1 fully saturated rings. The summed E-state index contributed by atoms with van der Waals surface area (Å²) in [4.78, 5) is 4.06. The van der Waals surface area contributed by atoms with Crippen molar-refractivity contribution in [2.45, 2.75) is 24.4 Å². The molecule has 2 N–H and O–H groups in total. The van der Waals surface area contributed by atoms with Crippen molar-refractivity contribution in [1.82, 2.24) is 14.9 Å². The fourth-order valence-corrected chi connectivity index (χ4v) is 3.75. The van der Waals surface area contributed by atoms with Crippen LogP contribution in [0.5, 0.6) is 0 Å². The van der Waals surface area contributed by atoms with Gasteiger partial charge in [-0.1, -0.05) is 6.08 Å². The second kappa shape index (κ2) is 9.52. The summed E-state index contributed by atoms with van der Waals surface area (Å²) in [7, 11) is -3.62. The molecule has 1 aliphatic heterocycles. The maximum atomic E-state index is 12.5. The fourth-order valence-electron chi connectivity index (χ4n) is 2.18. The zero-order chi connectivity index (χ0) is 18.2. The predicted octanol–water partition coefficient (Wildman–Crippen LogP) is 1.38. The average molecular weight is 388 g/mol. The predicted molar refractivity (Wildman–Crippen MR) is 91.6 cm³/mol. The zero-order valence-corrected chi connectivity index (χ0v) is 15.1. The molecule has 24 heavy (non-hydrogen) atoms. The lowest BCUT2D eigenvalue weighted by molar-refractivity contribution is -0.0494. The number of nitrogens with one attached hydrogen (secondary N) is 2. The molecule has 1 aliphatic rings. The van der Waals surface area contributed by atoms with Crippen LogP contribution in [-0.2, 0) is 10.0 Å². The molecule has 0 saturated carbocycles. The van der Waals surface area contributed by atoms with Crippen LogP contribution in [0.25, 0.3) is 0 Å². The van der Waals surface area contributed by atoms with E-state index < -0.39 is 15.5 Å². The first-order valence-electron chi connectivity index (χ1n) is 7.44. The van der Waals surface area contributed by atoms with Crippen LogP contribution in [0, 0.1) is 0 Å². The number of hydrogen-bond acceptors (Lipinski definition) is 4. The van der Waals surface area contributed by atoms with Crippen LogP contribution in [0.2, 0.25) is 0 Å². The molecule has 0 unspecified atom stereocenters.